The summed E-state index contributed by atoms with van der Waals surface area (Å²) in [5.74, 6) is 0.0992. The lowest BCUT2D eigenvalue weighted by Gasteiger charge is -2.37. The first kappa shape index (κ1) is 23.5. The van der Waals surface area contributed by atoms with E-state index in [1.165, 1.54) is 13.2 Å². The number of benzene rings is 1. The molecule has 0 spiro atoms. The highest BCUT2D eigenvalue weighted by molar-refractivity contribution is 6.28. The molecule has 1 aliphatic rings. The van der Waals surface area contributed by atoms with Gasteiger partial charge >= 0.3 is 0 Å². The highest BCUT2D eigenvalue weighted by atomic mass is 16.5. The number of carbonyl (C=O) groups is 2. The third kappa shape index (κ3) is 3.69. The zero-order chi connectivity index (χ0) is 22.6. The van der Waals surface area contributed by atoms with Gasteiger partial charge in [-0.3, -0.25) is 9.59 Å². The predicted molar refractivity (Wildman–Crippen MR) is 119 cm³/mol. The van der Waals surface area contributed by atoms with Crippen LogP contribution in [0.15, 0.2) is 40.9 Å². The molecule has 162 valence electrons. The van der Waals surface area contributed by atoms with Crippen LogP contribution in [-0.2, 0) is 14.3 Å². The fraction of sp³-hybridized carbons (Fsp3) is 0.440. The molecular weight excluding hydrogens is 380 g/mol. The van der Waals surface area contributed by atoms with Gasteiger partial charge in [0, 0.05) is 5.57 Å². The van der Waals surface area contributed by atoms with Crippen molar-refractivity contribution in [3.8, 4) is 5.75 Å². The summed E-state index contributed by atoms with van der Waals surface area (Å²) < 4.78 is 10.9. The Morgan fingerprint density at radius 2 is 1.70 bits per heavy atom. The topological polar surface area (TPSA) is 72.8 Å². The number of rotatable bonds is 8. The van der Waals surface area contributed by atoms with Crippen molar-refractivity contribution in [3.05, 3.63) is 57.6 Å². The Hall–Kier alpha value is -2.82. The summed E-state index contributed by atoms with van der Waals surface area (Å²) in [5, 5.41) is 10.8. The number of hydrogen-bond acceptors (Lipinski definition) is 5. The Morgan fingerprint density at radius 1 is 1.07 bits per heavy atom. The van der Waals surface area contributed by atoms with Gasteiger partial charge in [-0.1, -0.05) is 32.9 Å². The van der Waals surface area contributed by atoms with Crippen LogP contribution in [0.1, 0.15) is 56.7 Å². The summed E-state index contributed by atoms with van der Waals surface area (Å²) in [4.78, 5) is 26.5. The van der Waals surface area contributed by atoms with E-state index in [0.717, 1.165) is 22.4 Å². The van der Waals surface area contributed by atoms with Gasteiger partial charge in [0.05, 0.1) is 19.6 Å². The van der Waals surface area contributed by atoms with Crippen molar-refractivity contribution in [2.75, 3.05) is 14.2 Å². The van der Waals surface area contributed by atoms with Crippen LogP contribution in [0.25, 0.3) is 6.08 Å². The molecule has 0 aromatic heterocycles. The minimum Gasteiger partial charge on any atom is -0.507 e. The molecule has 0 bridgehead atoms. The molecule has 0 aliphatic heterocycles. The van der Waals surface area contributed by atoms with Crippen molar-refractivity contribution < 1.29 is 24.2 Å². The average Bonchev–Trinajstić information content (AvgIpc) is 2.74. The van der Waals surface area contributed by atoms with Crippen LogP contribution in [0.4, 0.5) is 0 Å². The van der Waals surface area contributed by atoms with Crippen LogP contribution in [0.3, 0.4) is 0 Å². The number of ether oxygens (including phenoxy) is 2. The summed E-state index contributed by atoms with van der Waals surface area (Å²) in [6.45, 7) is 9.58. The molecule has 1 aromatic carbocycles. The molecule has 30 heavy (non-hydrogen) atoms. The lowest BCUT2D eigenvalue weighted by molar-refractivity contribution is -0.128. The zero-order valence-corrected chi connectivity index (χ0v) is 19.0. The largest absolute Gasteiger partial charge is 0.507 e. The van der Waals surface area contributed by atoms with Gasteiger partial charge in [-0.2, -0.15) is 0 Å². The van der Waals surface area contributed by atoms with E-state index in [4.69, 9.17) is 9.47 Å². The molecule has 0 atom stereocenters. The molecule has 0 radical (unpaired) electrons. The molecule has 0 fully saturated rings. The first-order valence-corrected chi connectivity index (χ1v) is 10.4. The average molecular weight is 413 g/mol. The van der Waals surface area contributed by atoms with Crippen LogP contribution in [0, 0.1) is 19.3 Å². The molecule has 5 nitrogen and oxygen atoms in total. The van der Waals surface area contributed by atoms with Gasteiger partial charge in [-0.15, -0.1) is 0 Å². The third-order valence-corrected chi connectivity index (χ3v) is 6.32. The Morgan fingerprint density at radius 3 is 2.20 bits per heavy atom. The van der Waals surface area contributed by atoms with E-state index < -0.39 is 11.2 Å². The van der Waals surface area contributed by atoms with Crippen LogP contribution < -0.4 is 4.74 Å². The number of hydrogen-bond donors (Lipinski definition) is 1. The molecule has 0 unspecified atom stereocenters. The van der Waals surface area contributed by atoms with E-state index in [-0.39, 0.29) is 17.1 Å². The molecule has 1 aliphatic carbocycles. The standard InChI is InChI=1S/C25H32O5/c1-8-18-22(27)21(23(28)25(9-2,10-3)24(18)30-7)19(26)13-11-17-12-14-20(29-6)16(5)15(17)4/h11-14,27H,8-10H2,1-7H3/b13-11+. The predicted octanol–water partition coefficient (Wildman–Crippen LogP) is 5.41. The van der Waals surface area contributed by atoms with Crippen LogP contribution in [0.5, 0.6) is 5.75 Å². The number of ketones is 2. The number of aliphatic hydroxyl groups is 1. The van der Waals surface area contributed by atoms with E-state index in [1.54, 1.807) is 13.2 Å². The second kappa shape index (κ2) is 9.33. The Bertz CT molecular complexity index is 943. The van der Waals surface area contributed by atoms with E-state index in [9.17, 15) is 14.7 Å². The van der Waals surface area contributed by atoms with Crippen molar-refractivity contribution >= 4 is 17.6 Å². The smallest absolute Gasteiger partial charge is 0.193 e. The number of carbonyl (C=O) groups excluding carboxylic acids is 2. The molecule has 0 saturated carbocycles. The minimum atomic E-state index is -0.933. The maximum atomic E-state index is 13.4. The monoisotopic (exact) mass is 412 g/mol. The quantitative estimate of drug-likeness (QED) is 0.457. The van der Waals surface area contributed by atoms with E-state index >= 15 is 0 Å². The van der Waals surface area contributed by atoms with Crippen molar-refractivity contribution in [3.63, 3.8) is 0 Å². The van der Waals surface area contributed by atoms with Crippen LogP contribution in [0.2, 0.25) is 0 Å². The maximum absolute atomic E-state index is 13.4. The van der Waals surface area contributed by atoms with Gasteiger partial charge in [0.2, 0.25) is 0 Å². The summed E-state index contributed by atoms with van der Waals surface area (Å²) in [7, 11) is 3.12. The first-order valence-electron chi connectivity index (χ1n) is 10.4. The Kier molecular flexibility index (Phi) is 7.30. The second-order valence-electron chi connectivity index (χ2n) is 7.51. The van der Waals surface area contributed by atoms with Gasteiger partial charge in [0.25, 0.3) is 0 Å². The molecule has 5 heteroatoms. The lowest BCUT2D eigenvalue weighted by atomic mass is 9.68. The SMILES string of the molecule is CCC1=C(OC)C(CC)(CC)C(=O)C(C(=O)/C=C/c2ccc(OC)c(C)c2C)=C1O. The molecule has 0 saturated heterocycles. The number of aliphatic hydroxyl groups excluding tert-OH is 1. The summed E-state index contributed by atoms with van der Waals surface area (Å²) in [6, 6.07) is 3.71. The number of methoxy groups -OCH3 is 2. The van der Waals surface area contributed by atoms with Crippen LogP contribution >= 0.6 is 0 Å². The highest BCUT2D eigenvalue weighted by Crippen LogP contribution is 2.46. The van der Waals surface area contributed by atoms with Gasteiger partial charge < -0.3 is 14.6 Å². The van der Waals surface area contributed by atoms with Crippen molar-refractivity contribution in [1.82, 2.24) is 0 Å². The fourth-order valence-electron chi connectivity index (χ4n) is 4.23. The molecule has 0 heterocycles. The van der Waals surface area contributed by atoms with Crippen molar-refractivity contribution in [2.24, 2.45) is 5.41 Å². The molecule has 1 aromatic rings. The maximum Gasteiger partial charge on any atom is 0.193 e. The molecule has 2 rings (SSSR count). The van der Waals surface area contributed by atoms with Gasteiger partial charge in [0.1, 0.15) is 22.8 Å². The Labute approximate surface area is 179 Å². The molecular formula is C25H32O5. The first-order chi connectivity index (χ1) is 14.2. The summed E-state index contributed by atoms with van der Waals surface area (Å²) in [6.07, 6.45) is 4.47. The summed E-state index contributed by atoms with van der Waals surface area (Å²) in [5.41, 5.74) is 2.26. The minimum absolute atomic E-state index is 0.157. The molecule has 1 N–H and O–H groups in total. The van der Waals surface area contributed by atoms with E-state index in [1.807, 2.05) is 46.8 Å². The van der Waals surface area contributed by atoms with Crippen LogP contribution in [-0.4, -0.2) is 30.9 Å². The van der Waals surface area contributed by atoms with Crippen molar-refractivity contribution in [2.45, 2.75) is 53.9 Å². The second-order valence-corrected chi connectivity index (χ2v) is 7.51. The van der Waals surface area contributed by atoms with Crippen molar-refractivity contribution in [1.29, 1.82) is 0 Å². The lowest BCUT2D eigenvalue weighted by Crippen LogP contribution is -2.40. The normalized spacial score (nSPS) is 16.4. The van der Waals surface area contributed by atoms with Gasteiger partial charge in [-0.05, 0) is 61.9 Å². The van der Waals surface area contributed by atoms with Gasteiger partial charge in [-0.25, -0.2) is 0 Å². The zero-order valence-electron chi connectivity index (χ0n) is 19.0. The Balaban J connectivity index is 2.55. The third-order valence-electron chi connectivity index (χ3n) is 6.32. The number of Topliss-reactive ketones (excluding diaryl/α,β-unsaturated/α-hetero) is 1. The fourth-order valence-corrected chi connectivity index (χ4v) is 4.23. The van der Waals surface area contributed by atoms with E-state index in [0.29, 0.717) is 30.6 Å². The number of allylic oxidation sites excluding steroid dienone is 4. The highest BCUT2D eigenvalue weighted by Gasteiger charge is 2.49. The molecule has 0 amide bonds. The summed E-state index contributed by atoms with van der Waals surface area (Å²) >= 11 is 0. The van der Waals surface area contributed by atoms with E-state index in [2.05, 4.69) is 0 Å². The van der Waals surface area contributed by atoms with Gasteiger partial charge in [0.15, 0.2) is 11.6 Å².